The number of hydrogen-bond donors (Lipinski definition) is 4. The van der Waals surface area contributed by atoms with E-state index in [1.165, 1.54) is 0 Å². The van der Waals surface area contributed by atoms with Gasteiger partial charge in [-0.15, -0.1) is 15.3 Å². The third-order valence-corrected chi connectivity index (χ3v) is 9.48. The molecule has 0 aliphatic rings. The first-order valence-electron chi connectivity index (χ1n) is 17.4. The Bertz CT molecular complexity index is 2710. The molecule has 0 radical (unpaired) electrons. The van der Waals surface area contributed by atoms with E-state index < -0.39 is 0 Å². The van der Waals surface area contributed by atoms with Crippen LogP contribution in [-0.4, -0.2) is 32.3 Å². The van der Waals surface area contributed by atoms with E-state index in [9.17, 15) is 10.2 Å². The van der Waals surface area contributed by atoms with Crippen LogP contribution in [-0.2, 0) is 0 Å². The normalized spacial score (nSPS) is 11.6. The van der Waals surface area contributed by atoms with E-state index >= 15 is 0 Å². The van der Waals surface area contributed by atoms with Crippen molar-refractivity contribution in [3.8, 4) is 17.2 Å². The zero-order valence-electron chi connectivity index (χ0n) is 31.3. The molecule has 0 saturated heterocycles. The zero-order valence-corrected chi connectivity index (χ0v) is 32.1. The minimum Gasteiger partial charge on any atom is -0.505 e. The number of benzene rings is 6. The molecule has 0 aliphatic heterocycles. The van der Waals surface area contributed by atoms with Crippen molar-refractivity contribution in [3.05, 3.63) is 118 Å². The maximum Gasteiger partial charge on any atom is 0.233 e. The van der Waals surface area contributed by atoms with Crippen LogP contribution in [0.1, 0.15) is 33.4 Å². The lowest BCUT2D eigenvalue weighted by Gasteiger charge is -2.16. The van der Waals surface area contributed by atoms with Gasteiger partial charge in [0.15, 0.2) is 11.5 Å². The van der Waals surface area contributed by atoms with Gasteiger partial charge in [-0.05, 0) is 146 Å². The molecule has 0 fully saturated rings. The van der Waals surface area contributed by atoms with E-state index in [1.54, 1.807) is 13.2 Å². The van der Waals surface area contributed by atoms with Crippen molar-refractivity contribution in [2.24, 2.45) is 20.5 Å². The van der Waals surface area contributed by atoms with E-state index in [2.05, 4.69) is 46.0 Å². The molecule has 0 unspecified atom stereocenters. The molecular weight excluding hydrogens is 714 g/mol. The number of aromatic nitrogens is 3. The molecule has 0 saturated carbocycles. The standard InChI is InChI=1S/C42H38ClN9O3/c1-21-12-15-34(55-7)32(17-21)50-51-36-25(5)20-29-26(6)31(14-13-28(29)38(36)53)44-41-46-40(43)47-42(48-41)45-33-18-22(2)16-27-19-24(4)37(39(54)35(27)33)52-49-30-11-9-8-10-23(30)3/h8-20,53-54H,1-7H3,(H2,44,45,46,47,48). The second-order valence-electron chi connectivity index (χ2n) is 13.4. The summed E-state index contributed by atoms with van der Waals surface area (Å²) in [5.41, 5.74) is 8.51. The summed E-state index contributed by atoms with van der Waals surface area (Å²) in [7, 11) is 1.58. The van der Waals surface area contributed by atoms with E-state index in [-0.39, 0.29) is 28.7 Å². The van der Waals surface area contributed by atoms with Gasteiger partial charge in [-0.3, -0.25) is 0 Å². The van der Waals surface area contributed by atoms with Gasteiger partial charge in [0.25, 0.3) is 0 Å². The minimum absolute atomic E-state index is 0.0124. The summed E-state index contributed by atoms with van der Waals surface area (Å²) < 4.78 is 5.43. The summed E-state index contributed by atoms with van der Waals surface area (Å²) in [6.45, 7) is 11.6. The molecule has 0 aliphatic carbocycles. The van der Waals surface area contributed by atoms with Crippen LogP contribution < -0.4 is 15.4 Å². The number of aryl methyl sites for hydroxylation is 6. The van der Waals surface area contributed by atoms with Crippen molar-refractivity contribution in [1.29, 1.82) is 0 Å². The summed E-state index contributed by atoms with van der Waals surface area (Å²) in [5.74, 6) is 0.913. The molecule has 1 heterocycles. The molecule has 0 amide bonds. The number of phenolic OH excluding ortho intramolecular Hbond substituents is 2. The number of azo groups is 2. The molecule has 13 heteroatoms. The average molecular weight is 752 g/mol. The lowest BCUT2D eigenvalue weighted by Crippen LogP contribution is -2.05. The molecule has 0 bridgehead atoms. The number of halogens is 1. The number of hydrogen-bond acceptors (Lipinski definition) is 12. The Balaban J connectivity index is 1.20. The molecule has 6 aromatic carbocycles. The Morgan fingerprint density at radius 2 is 1.27 bits per heavy atom. The second kappa shape index (κ2) is 15.0. The van der Waals surface area contributed by atoms with Gasteiger partial charge in [0, 0.05) is 16.5 Å². The molecule has 0 atom stereocenters. The van der Waals surface area contributed by atoms with Crippen molar-refractivity contribution < 1.29 is 14.9 Å². The number of rotatable bonds is 9. The lowest BCUT2D eigenvalue weighted by molar-refractivity contribution is 0.415. The predicted molar refractivity (Wildman–Crippen MR) is 219 cm³/mol. The van der Waals surface area contributed by atoms with Crippen molar-refractivity contribution >= 4 is 79.2 Å². The van der Waals surface area contributed by atoms with Gasteiger partial charge in [0.2, 0.25) is 17.2 Å². The number of aromatic hydroxyl groups is 2. The fraction of sp³-hybridized carbons (Fsp3) is 0.167. The SMILES string of the molecule is COc1ccc(C)cc1N=Nc1c(C)cc2c(C)c(Nc3nc(Cl)nc(Nc4cc(C)cc5cc(C)c(N=Nc6ccccc6C)c(O)c45)n3)ccc2c1O. The number of fused-ring (bicyclic) bond motifs is 2. The van der Waals surface area contributed by atoms with Gasteiger partial charge >= 0.3 is 0 Å². The maximum atomic E-state index is 11.6. The predicted octanol–water partition coefficient (Wildman–Crippen LogP) is 12.4. The van der Waals surface area contributed by atoms with Crippen LogP contribution in [0, 0.1) is 41.5 Å². The number of phenols is 2. The van der Waals surface area contributed by atoms with Gasteiger partial charge in [-0.1, -0.05) is 30.3 Å². The van der Waals surface area contributed by atoms with E-state index in [0.29, 0.717) is 50.6 Å². The van der Waals surface area contributed by atoms with Gasteiger partial charge < -0.3 is 25.6 Å². The lowest BCUT2D eigenvalue weighted by atomic mass is 9.99. The summed E-state index contributed by atoms with van der Waals surface area (Å²) in [6, 6.07) is 24.7. The minimum atomic E-state index is -0.0445. The molecule has 7 rings (SSSR count). The molecule has 55 heavy (non-hydrogen) atoms. The van der Waals surface area contributed by atoms with Crippen LogP contribution in [0.5, 0.6) is 17.2 Å². The highest BCUT2D eigenvalue weighted by Gasteiger charge is 2.18. The molecule has 7 aromatic rings. The third kappa shape index (κ3) is 7.44. The molecule has 1 aromatic heterocycles. The molecule has 12 nitrogen and oxygen atoms in total. The van der Waals surface area contributed by atoms with E-state index in [1.807, 2.05) is 114 Å². The Kier molecular flexibility index (Phi) is 10.0. The first-order valence-corrected chi connectivity index (χ1v) is 17.8. The van der Waals surface area contributed by atoms with Gasteiger partial charge in [-0.25, -0.2) is 0 Å². The maximum absolute atomic E-state index is 11.6. The fourth-order valence-corrected chi connectivity index (χ4v) is 6.63. The van der Waals surface area contributed by atoms with Crippen LogP contribution in [0.3, 0.4) is 0 Å². The summed E-state index contributed by atoms with van der Waals surface area (Å²) >= 11 is 6.44. The Morgan fingerprint density at radius 3 is 2.00 bits per heavy atom. The van der Waals surface area contributed by atoms with Gasteiger partial charge in [0.1, 0.15) is 22.8 Å². The van der Waals surface area contributed by atoms with Gasteiger partial charge in [-0.2, -0.15) is 20.1 Å². The number of methoxy groups -OCH3 is 1. The number of nitrogens with zero attached hydrogens (tertiary/aromatic N) is 7. The molecule has 0 spiro atoms. The number of nitrogens with one attached hydrogen (secondary N) is 2. The fourth-order valence-electron chi connectivity index (χ4n) is 6.47. The second-order valence-corrected chi connectivity index (χ2v) is 13.7. The van der Waals surface area contributed by atoms with Crippen LogP contribution in [0.25, 0.3) is 21.5 Å². The largest absolute Gasteiger partial charge is 0.505 e. The smallest absolute Gasteiger partial charge is 0.233 e. The topological polar surface area (TPSA) is 162 Å². The molecule has 276 valence electrons. The Labute approximate surface area is 322 Å². The average Bonchev–Trinajstić information content (AvgIpc) is 3.13. The van der Waals surface area contributed by atoms with Crippen LogP contribution in [0.4, 0.5) is 46.0 Å². The molecular formula is C42H38ClN9O3. The summed E-state index contributed by atoms with van der Waals surface area (Å²) in [5, 5.41) is 49.8. The quantitative estimate of drug-likeness (QED) is 0.106. The number of ether oxygens (including phenoxy) is 1. The van der Waals surface area contributed by atoms with Crippen molar-refractivity contribution in [2.75, 3.05) is 17.7 Å². The van der Waals surface area contributed by atoms with Crippen LogP contribution in [0.15, 0.2) is 99.3 Å². The Hall–Kier alpha value is -6.66. The van der Waals surface area contributed by atoms with Crippen molar-refractivity contribution in [3.63, 3.8) is 0 Å². The van der Waals surface area contributed by atoms with Crippen LogP contribution >= 0.6 is 11.6 Å². The summed E-state index contributed by atoms with van der Waals surface area (Å²) in [4.78, 5) is 13.3. The zero-order chi connectivity index (χ0) is 39.0. The third-order valence-electron chi connectivity index (χ3n) is 9.31. The monoisotopic (exact) mass is 751 g/mol. The van der Waals surface area contributed by atoms with Crippen molar-refractivity contribution in [2.45, 2.75) is 41.5 Å². The summed E-state index contributed by atoms with van der Waals surface area (Å²) in [6.07, 6.45) is 0. The molecule has 4 N–H and O–H groups in total. The van der Waals surface area contributed by atoms with Crippen LogP contribution in [0.2, 0.25) is 5.28 Å². The Morgan fingerprint density at radius 1 is 0.600 bits per heavy atom. The van der Waals surface area contributed by atoms with Gasteiger partial charge in [0.05, 0.1) is 18.5 Å². The first-order chi connectivity index (χ1) is 26.4. The highest BCUT2D eigenvalue weighted by atomic mass is 35.5. The number of anilines is 4. The first kappa shape index (κ1) is 36.7. The van der Waals surface area contributed by atoms with E-state index in [4.69, 9.17) is 16.3 Å². The highest BCUT2D eigenvalue weighted by molar-refractivity contribution is 6.28. The highest BCUT2D eigenvalue weighted by Crippen LogP contribution is 2.45. The van der Waals surface area contributed by atoms with Crippen molar-refractivity contribution in [1.82, 2.24) is 15.0 Å². The van der Waals surface area contributed by atoms with E-state index in [0.717, 1.165) is 44.2 Å².